The highest BCUT2D eigenvalue weighted by atomic mass is 35.5. The zero-order chi connectivity index (χ0) is 13.3. The molecule has 1 aliphatic carbocycles. The van der Waals surface area contributed by atoms with E-state index in [1.54, 1.807) is 0 Å². The van der Waals surface area contributed by atoms with E-state index in [0.717, 1.165) is 42.1 Å². The van der Waals surface area contributed by atoms with Crippen LogP contribution in [0.25, 0.3) is 0 Å². The molecule has 1 aliphatic rings. The molecule has 1 aromatic rings. The Morgan fingerprint density at radius 1 is 1.50 bits per heavy atom. The highest BCUT2D eigenvalue weighted by molar-refractivity contribution is 6.31. The molecule has 1 fully saturated rings. The molecule has 0 spiro atoms. The molecule has 2 unspecified atom stereocenters. The van der Waals surface area contributed by atoms with Gasteiger partial charge < -0.3 is 0 Å². The first-order chi connectivity index (χ1) is 8.52. The predicted molar refractivity (Wildman–Crippen MR) is 72.8 cm³/mol. The van der Waals surface area contributed by atoms with Gasteiger partial charge in [0.1, 0.15) is 5.78 Å². The maximum Gasteiger partial charge on any atom is 0.136 e. The fourth-order valence-corrected chi connectivity index (χ4v) is 3.14. The van der Waals surface area contributed by atoms with Crippen LogP contribution in [0.15, 0.2) is 0 Å². The minimum absolute atomic E-state index is 0.135. The molecule has 1 heterocycles. The summed E-state index contributed by atoms with van der Waals surface area (Å²) in [6, 6.07) is 0. The summed E-state index contributed by atoms with van der Waals surface area (Å²) in [6.07, 6.45) is 4.71. The number of Topliss-reactive ketones (excluding diaryl/α,β-unsaturated/α-hetero) is 1. The highest BCUT2D eigenvalue weighted by Crippen LogP contribution is 2.32. The molecular formula is C14H21ClN2O. The van der Waals surface area contributed by atoms with Gasteiger partial charge in [-0.25, -0.2) is 0 Å². The van der Waals surface area contributed by atoms with Gasteiger partial charge in [0.05, 0.1) is 16.4 Å². The molecule has 0 radical (unpaired) electrons. The van der Waals surface area contributed by atoms with Crippen molar-refractivity contribution in [1.29, 1.82) is 0 Å². The van der Waals surface area contributed by atoms with E-state index in [2.05, 4.69) is 12.0 Å². The molecule has 2 rings (SSSR count). The SMILES string of the molecule is CCC1CCC(=O)C(Cc2c(Cl)c(C)nn2C)C1. The van der Waals surface area contributed by atoms with Crippen molar-refractivity contribution in [2.24, 2.45) is 18.9 Å². The molecule has 3 nitrogen and oxygen atoms in total. The summed E-state index contributed by atoms with van der Waals surface area (Å²) in [5.74, 6) is 1.23. The van der Waals surface area contributed by atoms with Crippen molar-refractivity contribution in [3.05, 3.63) is 16.4 Å². The molecule has 0 N–H and O–H groups in total. The van der Waals surface area contributed by atoms with Crippen LogP contribution in [0.3, 0.4) is 0 Å². The first kappa shape index (κ1) is 13.6. The zero-order valence-corrected chi connectivity index (χ0v) is 12.1. The number of carbonyl (C=O) groups is 1. The smallest absolute Gasteiger partial charge is 0.136 e. The topological polar surface area (TPSA) is 34.9 Å². The normalized spacial score (nSPS) is 24.6. The molecule has 0 bridgehead atoms. The van der Waals surface area contributed by atoms with Crippen molar-refractivity contribution < 1.29 is 4.79 Å². The summed E-state index contributed by atoms with van der Waals surface area (Å²) in [5, 5.41) is 5.04. The van der Waals surface area contributed by atoms with Crippen molar-refractivity contribution in [3.63, 3.8) is 0 Å². The second kappa shape index (κ2) is 5.43. The third-order valence-electron chi connectivity index (χ3n) is 4.15. The van der Waals surface area contributed by atoms with Crippen LogP contribution in [0.5, 0.6) is 0 Å². The average Bonchev–Trinajstić information content (AvgIpc) is 2.58. The van der Waals surface area contributed by atoms with Crippen LogP contribution in [0.2, 0.25) is 5.02 Å². The number of hydrogen-bond donors (Lipinski definition) is 0. The molecule has 2 atom stereocenters. The molecule has 0 amide bonds. The second-order valence-corrected chi connectivity index (χ2v) is 5.76. The molecule has 0 aliphatic heterocycles. The van der Waals surface area contributed by atoms with Gasteiger partial charge in [0.25, 0.3) is 0 Å². The van der Waals surface area contributed by atoms with E-state index < -0.39 is 0 Å². The van der Waals surface area contributed by atoms with Crippen LogP contribution in [0.1, 0.15) is 44.0 Å². The van der Waals surface area contributed by atoms with Gasteiger partial charge in [-0.05, 0) is 25.7 Å². The Hall–Kier alpha value is -0.830. The van der Waals surface area contributed by atoms with E-state index in [4.69, 9.17) is 11.6 Å². The Morgan fingerprint density at radius 3 is 2.78 bits per heavy atom. The van der Waals surface area contributed by atoms with E-state index in [1.807, 2.05) is 18.7 Å². The maximum atomic E-state index is 12.0. The van der Waals surface area contributed by atoms with Gasteiger partial charge in [-0.3, -0.25) is 9.48 Å². The van der Waals surface area contributed by atoms with E-state index in [-0.39, 0.29) is 5.92 Å². The summed E-state index contributed by atoms with van der Waals surface area (Å²) >= 11 is 6.26. The first-order valence-corrected chi connectivity index (χ1v) is 7.11. The lowest BCUT2D eigenvalue weighted by Gasteiger charge is -2.27. The Labute approximate surface area is 114 Å². The minimum atomic E-state index is 0.135. The van der Waals surface area contributed by atoms with E-state index >= 15 is 0 Å². The monoisotopic (exact) mass is 268 g/mol. The number of ketones is 1. The molecular weight excluding hydrogens is 248 g/mol. The Morgan fingerprint density at radius 2 is 2.22 bits per heavy atom. The van der Waals surface area contributed by atoms with E-state index in [9.17, 15) is 4.79 Å². The first-order valence-electron chi connectivity index (χ1n) is 6.73. The molecule has 100 valence electrons. The van der Waals surface area contributed by atoms with Crippen LogP contribution in [0.4, 0.5) is 0 Å². The fourth-order valence-electron chi connectivity index (χ4n) is 2.91. The lowest BCUT2D eigenvalue weighted by atomic mass is 9.77. The van der Waals surface area contributed by atoms with Crippen molar-refractivity contribution >= 4 is 17.4 Å². The van der Waals surface area contributed by atoms with Crippen molar-refractivity contribution in [2.75, 3.05) is 0 Å². The van der Waals surface area contributed by atoms with E-state index in [0.29, 0.717) is 11.7 Å². The van der Waals surface area contributed by atoms with Gasteiger partial charge in [0, 0.05) is 25.8 Å². The van der Waals surface area contributed by atoms with Crippen molar-refractivity contribution in [3.8, 4) is 0 Å². The lowest BCUT2D eigenvalue weighted by molar-refractivity contribution is -0.125. The number of aromatic nitrogens is 2. The van der Waals surface area contributed by atoms with Gasteiger partial charge in [-0.15, -0.1) is 0 Å². The van der Waals surface area contributed by atoms with Gasteiger partial charge >= 0.3 is 0 Å². The molecule has 18 heavy (non-hydrogen) atoms. The summed E-state index contributed by atoms with van der Waals surface area (Å²) in [5.41, 5.74) is 1.86. The van der Waals surface area contributed by atoms with Gasteiger partial charge in [-0.2, -0.15) is 5.10 Å². The quantitative estimate of drug-likeness (QED) is 0.843. The number of carbonyl (C=O) groups excluding carboxylic acids is 1. The summed E-state index contributed by atoms with van der Waals surface area (Å²) in [7, 11) is 1.90. The van der Waals surface area contributed by atoms with Crippen LogP contribution in [0, 0.1) is 18.8 Å². The number of nitrogens with zero attached hydrogens (tertiary/aromatic N) is 2. The van der Waals surface area contributed by atoms with Gasteiger partial charge in [-0.1, -0.05) is 24.9 Å². The Kier molecular flexibility index (Phi) is 4.10. The van der Waals surface area contributed by atoms with Crippen LogP contribution < -0.4 is 0 Å². The molecule has 1 aromatic heterocycles. The molecule has 0 aromatic carbocycles. The fraction of sp³-hybridized carbons (Fsp3) is 0.714. The predicted octanol–water partition coefficient (Wildman–Crippen LogP) is 3.32. The summed E-state index contributed by atoms with van der Waals surface area (Å²) in [4.78, 5) is 12.0. The number of hydrogen-bond acceptors (Lipinski definition) is 2. The average molecular weight is 269 g/mol. The maximum absolute atomic E-state index is 12.0. The van der Waals surface area contributed by atoms with Crippen molar-refractivity contribution in [1.82, 2.24) is 9.78 Å². The Balaban J connectivity index is 2.14. The third kappa shape index (κ3) is 2.61. The molecule has 1 saturated carbocycles. The van der Waals surface area contributed by atoms with Gasteiger partial charge in [0.2, 0.25) is 0 Å². The number of halogens is 1. The zero-order valence-electron chi connectivity index (χ0n) is 11.4. The largest absolute Gasteiger partial charge is 0.299 e. The summed E-state index contributed by atoms with van der Waals surface area (Å²) < 4.78 is 1.82. The van der Waals surface area contributed by atoms with Crippen LogP contribution in [-0.2, 0) is 18.3 Å². The molecule has 0 saturated heterocycles. The second-order valence-electron chi connectivity index (χ2n) is 5.39. The third-order valence-corrected chi connectivity index (χ3v) is 4.64. The van der Waals surface area contributed by atoms with Crippen molar-refractivity contribution in [2.45, 2.75) is 46.0 Å². The van der Waals surface area contributed by atoms with Crippen LogP contribution >= 0.6 is 11.6 Å². The van der Waals surface area contributed by atoms with E-state index in [1.165, 1.54) is 6.42 Å². The molecule has 4 heteroatoms. The number of aryl methyl sites for hydroxylation is 2. The van der Waals surface area contributed by atoms with Gasteiger partial charge in [0.15, 0.2) is 0 Å². The standard InChI is InChI=1S/C14H21ClN2O/c1-4-10-5-6-13(18)11(7-10)8-12-14(15)9(2)16-17(12)3/h10-11H,4-8H2,1-3H3. The lowest BCUT2D eigenvalue weighted by Crippen LogP contribution is -2.27. The number of rotatable bonds is 3. The Bertz CT molecular complexity index is 453. The highest BCUT2D eigenvalue weighted by Gasteiger charge is 2.29. The minimum Gasteiger partial charge on any atom is -0.299 e. The van der Waals surface area contributed by atoms with Crippen LogP contribution in [-0.4, -0.2) is 15.6 Å². The summed E-state index contributed by atoms with van der Waals surface area (Å²) in [6.45, 7) is 4.11.